The first-order valence-corrected chi connectivity index (χ1v) is 12.8. The highest BCUT2D eigenvalue weighted by atomic mass is 32.2. The number of alkyl halides is 3. The van der Waals surface area contributed by atoms with Gasteiger partial charge in [0, 0.05) is 27.7 Å². The third-order valence-electron chi connectivity index (χ3n) is 6.20. The van der Waals surface area contributed by atoms with Crippen LogP contribution < -0.4 is 4.74 Å². The first-order valence-electron chi connectivity index (χ1n) is 11.4. The fourth-order valence-electron chi connectivity index (χ4n) is 4.57. The summed E-state index contributed by atoms with van der Waals surface area (Å²) in [6, 6.07) is 14.6. The second-order valence-electron chi connectivity index (χ2n) is 8.72. The molecule has 0 fully saturated rings. The standard InChI is InChI=1S/C26H19F4N3O5S/c1-15-24(20-12-17(27)8-11-21(20)32(15)14-23(34)35)25-19-4-2-3-5-22(19)39(36,37)33(31-25)13-16-6-9-18(10-7-16)38-26(28,29)30/h2-12H,13-14H2,1H3,(H,34,35). The van der Waals surface area contributed by atoms with Gasteiger partial charge in [0.2, 0.25) is 0 Å². The highest BCUT2D eigenvalue weighted by Crippen LogP contribution is 2.35. The average molecular weight is 562 g/mol. The molecule has 4 aromatic rings. The third kappa shape index (κ3) is 4.92. The normalized spacial score (nSPS) is 14.7. The lowest BCUT2D eigenvalue weighted by molar-refractivity contribution is -0.274. The molecule has 1 aliphatic rings. The average Bonchev–Trinajstić information content (AvgIpc) is 3.11. The van der Waals surface area contributed by atoms with Crippen LogP contribution in [0, 0.1) is 12.7 Å². The van der Waals surface area contributed by atoms with Crippen LogP contribution in [0.4, 0.5) is 17.6 Å². The largest absolute Gasteiger partial charge is 0.573 e. The predicted octanol–water partition coefficient (Wildman–Crippen LogP) is 5.03. The smallest absolute Gasteiger partial charge is 0.480 e. The van der Waals surface area contributed by atoms with Gasteiger partial charge in [-0.1, -0.05) is 30.3 Å². The van der Waals surface area contributed by atoms with Crippen LogP contribution in [0.1, 0.15) is 22.4 Å². The molecule has 0 bridgehead atoms. The number of benzene rings is 3. The summed E-state index contributed by atoms with van der Waals surface area (Å²) in [7, 11) is -4.19. The van der Waals surface area contributed by atoms with Crippen LogP contribution in [0.25, 0.3) is 10.9 Å². The number of hydrogen-bond donors (Lipinski definition) is 1. The van der Waals surface area contributed by atoms with Crippen molar-refractivity contribution in [3.05, 3.63) is 94.9 Å². The molecule has 1 N–H and O–H groups in total. The lowest BCUT2D eigenvalue weighted by Crippen LogP contribution is -2.33. The maximum absolute atomic E-state index is 14.4. The van der Waals surface area contributed by atoms with Crippen LogP contribution >= 0.6 is 0 Å². The molecule has 0 amide bonds. The summed E-state index contributed by atoms with van der Waals surface area (Å²) in [5.41, 5.74) is 1.95. The van der Waals surface area contributed by atoms with E-state index in [9.17, 15) is 35.9 Å². The minimum absolute atomic E-state index is 0.0815. The Morgan fingerprint density at radius 1 is 1.05 bits per heavy atom. The molecular formula is C26H19F4N3O5S. The number of fused-ring (bicyclic) bond motifs is 2. The van der Waals surface area contributed by atoms with Gasteiger partial charge in [0.1, 0.15) is 23.8 Å². The summed E-state index contributed by atoms with van der Waals surface area (Å²) in [5, 5.41) is 14.2. The van der Waals surface area contributed by atoms with E-state index in [2.05, 4.69) is 9.84 Å². The number of halogens is 4. The van der Waals surface area contributed by atoms with Crippen LogP contribution in [0.15, 0.2) is 76.7 Å². The summed E-state index contributed by atoms with van der Waals surface area (Å²) >= 11 is 0. The number of carbonyl (C=O) groups is 1. The number of nitrogens with zero attached hydrogens (tertiary/aromatic N) is 3. The van der Waals surface area contributed by atoms with Crippen LogP contribution in [0.5, 0.6) is 5.75 Å². The van der Waals surface area contributed by atoms with Crippen molar-refractivity contribution in [2.45, 2.75) is 31.3 Å². The highest BCUT2D eigenvalue weighted by Gasteiger charge is 2.35. The molecule has 8 nitrogen and oxygen atoms in total. The predicted molar refractivity (Wildman–Crippen MR) is 132 cm³/mol. The number of hydrazone groups is 1. The fourth-order valence-corrected chi connectivity index (χ4v) is 6.00. The van der Waals surface area contributed by atoms with Crippen LogP contribution in [-0.2, 0) is 27.9 Å². The number of hydrogen-bond acceptors (Lipinski definition) is 5. The Kier molecular flexibility index (Phi) is 6.33. The fraction of sp³-hybridized carbons (Fsp3) is 0.154. The molecule has 0 radical (unpaired) electrons. The number of carboxylic acid groups (broad SMARTS) is 1. The van der Waals surface area contributed by atoms with Gasteiger partial charge < -0.3 is 14.4 Å². The molecule has 3 aromatic carbocycles. The quantitative estimate of drug-likeness (QED) is 0.333. The van der Waals surface area contributed by atoms with Gasteiger partial charge in [-0.05, 0) is 48.9 Å². The number of aliphatic carboxylic acids is 1. The molecular weight excluding hydrogens is 542 g/mol. The van der Waals surface area contributed by atoms with E-state index in [4.69, 9.17) is 0 Å². The zero-order chi connectivity index (χ0) is 28.1. The molecule has 0 spiro atoms. The number of sulfonamides is 1. The molecule has 13 heteroatoms. The summed E-state index contributed by atoms with van der Waals surface area (Å²) in [6.45, 7) is 0.888. The van der Waals surface area contributed by atoms with Crippen LogP contribution in [-0.4, -0.2) is 40.5 Å². The van der Waals surface area contributed by atoms with Crippen molar-refractivity contribution in [3.8, 4) is 5.75 Å². The molecule has 0 unspecified atom stereocenters. The lowest BCUT2D eigenvalue weighted by atomic mass is 9.99. The van der Waals surface area contributed by atoms with Gasteiger partial charge >= 0.3 is 12.3 Å². The van der Waals surface area contributed by atoms with Gasteiger partial charge in [0.15, 0.2) is 0 Å². The molecule has 5 rings (SSSR count). The molecule has 2 heterocycles. The second-order valence-corrected chi connectivity index (χ2v) is 10.5. The third-order valence-corrected chi connectivity index (χ3v) is 7.88. The van der Waals surface area contributed by atoms with E-state index < -0.39 is 40.5 Å². The van der Waals surface area contributed by atoms with E-state index in [-0.39, 0.29) is 22.7 Å². The number of rotatable bonds is 6. The first-order chi connectivity index (χ1) is 18.3. The molecule has 0 aliphatic carbocycles. The van der Waals surface area contributed by atoms with E-state index in [1.54, 1.807) is 19.1 Å². The van der Waals surface area contributed by atoms with Crippen molar-refractivity contribution < 1.29 is 40.6 Å². The van der Waals surface area contributed by atoms with Crippen molar-refractivity contribution in [2.24, 2.45) is 5.10 Å². The summed E-state index contributed by atoms with van der Waals surface area (Å²) in [4.78, 5) is 11.5. The van der Waals surface area contributed by atoms with Gasteiger partial charge in [-0.25, -0.2) is 4.39 Å². The van der Waals surface area contributed by atoms with Gasteiger partial charge in [0.05, 0.1) is 11.4 Å². The van der Waals surface area contributed by atoms with E-state index in [0.29, 0.717) is 27.7 Å². The van der Waals surface area contributed by atoms with Crippen molar-refractivity contribution in [1.82, 2.24) is 8.98 Å². The molecule has 1 aliphatic heterocycles. The molecule has 0 saturated heterocycles. The van der Waals surface area contributed by atoms with Gasteiger partial charge in [-0.2, -0.15) is 17.9 Å². The van der Waals surface area contributed by atoms with Gasteiger partial charge in [-0.3, -0.25) is 4.79 Å². The van der Waals surface area contributed by atoms with Gasteiger partial charge in [0.25, 0.3) is 10.0 Å². The van der Waals surface area contributed by atoms with Gasteiger partial charge in [-0.15, -0.1) is 13.2 Å². The summed E-state index contributed by atoms with van der Waals surface area (Å²) in [5.74, 6) is -2.17. The maximum Gasteiger partial charge on any atom is 0.573 e. The Morgan fingerprint density at radius 2 is 1.74 bits per heavy atom. The Hall–Kier alpha value is -4.39. The molecule has 1 aromatic heterocycles. The SMILES string of the molecule is Cc1c(C2=NN(Cc3ccc(OC(F)(F)F)cc3)S(=O)(=O)c3ccccc32)c2cc(F)ccc2n1CC(=O)O. The van der Waals surface area contributed by atoms with Crippen molar-refractivity contribution in [1.29, 1.82) is 0 Å². The molecule has 202 valence electrons. The molecule has 0 saturated carbocycles. The van der Waals surface area contributed by atoms with E-state index in [0.717, 1.165) is 16.5 Å². The molecule has 39 heavy (non-hydrogen) atoms. The minimum Gasteiger partial charge on any atom is -0.480 e. The van der Waals surface area contributed by atoms with Crippen molar-refractivity contribution in [2.75, 3.05) is 0 Å². The lowest BCUT2D eigenvalue weighted by Gasteiger charge is -2.27. The Balaban J connectivity index is 1.66. The Bertz CT molecular complexity index is 1750. The van der Waals surface area contributed by atoms with Crippen molar-refractivity contribution >= 4 is 32.6 Å². The Labute approximate surface area is 219 Å². The zero-order valence-corrected chi connectivity index (χ0v) is 20.9. The second kappa shape index (κ2) is 9.42. The number of carboxylic acids is 1. The summed E-state index contributed by atoms with van der Waals surface area (Å²) in [6.07, 6.45) is -4.88. The van der Waals surface area contributed by atoms with E-state index >= 15 is 0 Å². The molecule has 0 atom stereocenters. The number of ether oxygens (including phenoxy) is 1. The van der Waals surface area contributed by atoms with Crippen LogP contribution in [0.3, 0.4) is 0 Å². The Morgan fingerprint density at radius 3 is 2.41 bits per heavy atom. The van der Waals surface area contributed by atoms with Crippen LogP contribution in [0.2, 0.25) is 0 Å². The minimum atomic E-state index is -4.88. The summed E-state index contributed by atoms with van der Waals surface area (Å²) < 4.78 is 85.0. The monoisotopic (exact) mass is 561 g/mol. The number of aromatic nitrogens is 1. The zero-order valence-electron chi connectivity index (χ0n) is 20.1. The maximum atomic E-state index is 14.4. The van der Waals surface area contributed by atoms with E-state index in [1.165, 1.54) is 47.0 Å². The first kappa shape index (κ1) is 26.2. The highest BCUT2D eigenvalue weighted by molar-refractivity contribution is 7.89. The van der Waals surface area contributed by atoms with E-state index in [1.807, 2.05) is 0 Å². The van der Waals surface area contributed by atoms with Crippen molar-refractivity contribution in [3.63, 3.8) is 0 Å². The topological polar surface area (TPSA) is 101 Å².